The highest BCUT2D eigenvalue weighted by Crippen LogP contribution is 2.40. The Labute approximate surface area is 122 Å². The van der Waals surface area contributed by atoms with Crippen molar-refractivity contribution in [2.24, 2.45) is 11.7 Å². The molecule has 1 aromatic rings. The maximum atomic E-state index is 11.7. The second-order valence-electron chi connectivity index (χ2n) is 4.93. The van der Waals surface area contributed by atoms with Gasteiger partial charge in [0.25, 0.3) is 5.91 Å². The van der Waals surface area contributed by atoms with Gasteiger partial charge in [-0.25, -0.2) is 4.79 Å². The number of hydrogen-bond donors (Lipinski definition) is 2. The molecule has 110 valence electrons. The molecule has 1 atom stereocenters. The SMILES string of the molecule is CCOC(=O)Nc1sc2c(c1C(N)=O)CC[C@@H](CC)C2. The molecule has 3 N–H and O–H groups in total. The summed E-state index contributed by atoms with van der Waals surface area (Å²) < 4.78 is 4.86. The number of carbonyl (C=O) groups excluding carboxylic acids is 2. The number of nitrogens with two attached hydrogens (primary N) is 1. The molecule has 2 rings (SSSR count). The summed E-state index contributed by atoms with van der Waals surface area (Å²) in [4.78, 5) is 24.4. The molecule has 0 aliphatic heterocycles. The van der Waals surface area contributed by atoms with E-state index in [0.29, 0.717) is 23.1 Å². The third-order valence-electron chi connectivity index (χ3n) is 3.68. The Bertz CT molecular complexity index is 525. The maximum absolute atomic E-state index is 11.7. The molecular formula is C14H20N2O3S. The van der Waals surface area contributed by atoms with E-state index in [1.165, 1.54) is 16.2 Å². The van der Waals surface area contributed by atoms with Crippen LogP contribution >= 0.6 is 11.3 Å². The van der Waals surface area contributed by atoms with Crippen molar-refractivity contribution in [1.82, 2.24) is 0 Å². The van der Waals surface area contributed by atoms with E-state index in [9.17, 15) is 9.59 Å². The minimum atomic E-state index is -0.541. The van der Waals surface area contributed by atoms with E-state index in [1.54, 1.807) is 6.92 Å². The van der Waals surface area contributed by atoms with Crippen molar-refractivity contribution in [2.75, 3.05) is 11.9 Å². The Hall–Kier alpha value is -1.56. The predicted molar refractivity (Wildman–Crippen MR) is 79.3 cm³/mol. The number of amides is 2. The zero-order valence-corrected chi connectivity index (χ0v) is 12.6. The number of fused-ring (bicyclic) bond motifs is 1. The number of rotatable bonds is 4. The number of ether oxygens (including phenoxy) is 1. The standard InChI is InChI=1S/C14H20N2O3S/c1-3-8-5-6-9-10(7-8)20-13(11(9)12(15)17)16-14(18)19-4-2/h8H,3-7H2,1-2H3,(H2,15,17)(H,16,18)/t8-/m1/s1. The first-order valence-corrected chi connectivity index (χ1v) is 7.76. The quantitative estimate of drug-likeness (QED) is 0.896. The molecule has 0 unspecified atom stereocenters. The Balaban J connectivity index is 2.30. The van der Waals surface area contributed by atoms with Gasteiger partial charge in [0.2, 0.25) is 0 Å². The molecule has 0 fully saturated rings. The highest BCUT2D eigenvalue weighted by Gasteiger charge is 2.28. The van der Waals surface area contributed by atoms with Crippen LogP contribution in [0.1, 0.15) is 47.5 Å². The van der Waals surface area contributed by atoms with Crippen LogP contribution in [0.4, 0.5) is 9.80 Å². The van der Waals surface area contributed by atoms with Crippen molar-refractivity contribution in [1.29, 1.82) is 0 Å². The molecule has 1 aliphatic carbocycles. The molecule has 6 heteroatoms. The smallest absolute Gasteiger partial charge is 0.412 e. The topological polar surface area (TPSA) is 81.4 Å². The van der Waals surface area contributed by atoms with Gasteiger partial charge in [-0.3, -0.25) is 10.1 Å². The lowest BCUT2D eigenvalue weighted by molar-refractivity contribution is 0.1000. The molecule has 1 aliphatic rings. The van der Waals surface area contributed by atoms with Crippen molar-refractivity contribution in [3.63, 3.8) is 0 Å². The van der Waals surface area contributed by atoms with Crippen LogP contribution in [0.5, 0.6) is 0 Å². The number of thiophene rings is 1. The van der Waals surface area contributed by atoms with E-state index in [-0.39, 0.29) is 0 Å². The fourth-order valence-corrected chi connectivity index (χ4v) is 3.96. The Morgan fingerprint density at radius 1 is 1.45 bits per heavy atom. The molecule has 0 bridgehead atoms. The molecule has 1 heterocycles. The van der Waals surface area contributed by atoms with Gasteiger partial charge in [-0.05, 0) is 37.7 Å². The minimum absolute atomic E-state index is 0.292. The number of nitrogens with one attached hydrogen (secondary N) is 1. The minimum Gasteiger partial charge on any atom is -0.450 e. The van der Waals surface area contributed by atoms with Crippen LogP contribution in [0.2, 0.25) is 0 Å². The summed E-state index contributed by atoms with van der Waals surface area (Å²) in [6, 6.07) is 0. The molecule has 20 heavy (non-hydrogen) atoms. The summed E-state index contributed by atoms with van der Waals surface area (Å²) in [5.74, 6) is 0.168. The molecule has 0 spiro atoms. The van der Waals surface area contributed by atoms with Crippen LogP contribution in [-0.4, -0.2) is 18.6 Å². The zero-order chi connectivity index (χ0) is 14.7. The molecule has 0 saturated carbocycles. The molecular weight excluding hydrogens is 276 g/mol. The summed E-state index contributed by atoms with van der Waals surface area (Å²) in [6.45, 7) is 4.21. The van der Waals surface area contributed by atoms with E-state index in [2.05, 4.69) is 12.2 Å². The lowest BCUT2D eigenvalue weighted by Gasteiger charge is -2.20. The molecule has 1 aromatic heterocycles. The summed E-state index contributed by atoms with van der Waals surface area (Å²) in [7, 11) is 0. The first-order chi connectivity index (χ1) is 9.56. The fraction of sp³-hybridized carbons (Fsp3) is 0.571. The summed E-state index contributed by atoms with van der Waals surface area (Å²) in [6.07, 6.45) is 3.47. The lowest BCUT2D eigenvalue weighted by Crippen LogP contribution is -2.20. The Kier molecular flexibility index (Phi) is 4.65. The lowest BCUT2D eigenvalue weighted by atomic mass is 9.85. The van der Waals surface area contributed by atoms with E-state index in [1.807, 2.05) is 0 Å². The van der Waals surface area contributed by atoms with Gasteiger partial charge in [-0.15, -0.1) is 11.3 Å². The largest absolute Gasteiger partial charge is 0.450 e. The van der Waals surface area contributed by atoms with Gasteiger partial charge in [0.15, 0.2) is 0 Å². The van der Waals surface area contributed by atoms with E-state index in [4.69, 9.17) is 10.5 Å². The molecule has 0 aromatic carbocycles. The van der Waals surface area contributed by atoms with Gasteiger partial charge in [-0.2, -0.15) is 0 Å². The van der Waals surface area contributed by atoms with Gasteiger partial charge < -0.3 is 10.5 Å². The zero-order valence-electron chi connectivity index (χ0n) is 11.8. The third kappa shape index (κ3) is 2.95. The van der Waals surface area contributed by atoms with Gasteiger partial charge in [0, 0.05) is 4.88 Å². The predicted octanol–water partition coefficient (Wildman–Crippen LogP) is 2.93. The second kappa shape index (κ2) is 6.26. The van der Waals surface area contributed by atoms with Crippen LogP contribution in [0.15, 0.2) is 0 Å². The van der Waals surface area contributed by atoms with Crippen LogP contribution in [0.25, 0.3) is 0 Å². The average Bonchev–Trinajstić information content (AvgIpc) is 2.75. The van der Waals surface area contributed by atoms with Gasteiger partial charge in [0.05, 0.1) is 12.2 Å². The van der Waals surface area contributed by atoms with Gasteiger partial charge in [-0.1, -0.05) is 13.3 Å². The van der Waals surface area contributed by atoms with Crippen LogP contribution in [0.3, 0.4) is 0 Å². The third-order valence-corrected chi connectivity index (χ3v) is 4.85. The van der Waals surface area contributed by atoms with Crippen LogP contribution in [-0.2, 0) is 17.6 Å². The monoisotopic (exact) mass is 296 g/mol. The highest BCUT2D eigenvalue weighted by molar-refractivity contribution is 7.17. The van der Waals surface area contributed by atoms with Gasteiger partial charge >= 0.3 is 6.09 Å². The summed E-state index contributed by atoms with van der Waals surface area (Å²) in [5.41, 5.74) is 6.95. The van der Waals surface area contributed by atoms with Crippen LogP contribution in [0, 0.1) is 5.92 Å². The van der Waals surface area contributed by atoms with Crippen molar-refractivity contribution in [3.05, 3.63) is 16.0 Å². The second-order valence-corrected chi connectivity index (χ2v) is 6.04. The highest BCUT2D eigenvalue weighted by atomic mass is 32.1. The number of anilines is 1. The summed E-state index contributed by atoms with van der Waals surface area (Å²) in [5, 5.41) is 3.17. The van der Waals surface area contributed by atoms with E-state index in [0.717, 1.165) is 31.2 Å². The molecule has 2 amide bonds. The number of hydrogen-bond acceptors (Lipinski definition) is 4. The van der Waals surface area contributed by atoms with E-state index < -0.39 is 12.0 Å². The van der Waals surface area contributed by atoms with E-state index >= 15 is 0 Å². The van der Waals surface area contributed by atoms with Crippen LogP contribution < -0.4 is 11.1 Å². The van der Waals surface area contributed by atoms with Crippen molar-refractivity contribution in [2.45, 2.75) is 39.5 Å². The van der Waals surface area contributed by atoms with Crippen molar-refractivity contribution >= 4 is 28.3 Å². The first-order valence-electron chi connectivity index (χ1n) is 6.94. The van der Waals surface area contributed by atoms with Gasteiger partial charge in [0.1, 0.15) is 5.00 Å². The Morgan fingerprint density at radius 2 is 2.20 bits per heavy atom. The molecule has 0 saturated heterocycles. The maximum Gasteiger partial charge on any atom is 0.412 e. The number of carbonyl (C=O) groups is 2. The van der Waals surface area contributed by atoms with Crippen molar-refractivity contribution < 1.29 is 14.3 Å². The molecule has 0 radical (unpaired) electrons. The normalized spacial score (nSPS) is 17.4. The average molecular weight is 296 g/mol. The number of primary amides is 1. The Morgan fingerprint density at radius 3 is 2.80 bits per heavy atom. The molecule has 5 nitrogen and oxygen atoms in total. The van der Waals surface area contributed by atoms with Crippen molar-refractivity contribution in [3.8, 4) is 0 Å². The summed E-state index contributed by atoms with van der Waals surface area (Å²) >= 11 is 1.45. The first kappa shape index (κ1) is 14.8. The fourth-order valence-electron chi connectivity index (χ4n) is 2.61.